The van der Waals surface area contributed by atoms with Crippen molar-refractivity contribution in [1.29, 1.82) is 0 Å². The third-order valence-electron chi connectivity index (χ3n) is 7.45. The van der Waals surface area contributed by atoms with Crippen LogP contribution < -0.4 is 20.5 Å². The van der Waals surface area contributed by atoms with Gasteiger partial charge >= 0.3 is 0 Å². The third-order valence-corrected chi connectivity index (χ3v) is 7.45. The lowest BCUT2D eigenvalue weighted by Crippen LogP contribution is -2.51. The summed E-state index contributed by atoms with van der Waals surface area (Å²) in [7, 11) is 0. The van der Waals surface area contributed by atoms with Crippen molar-refractivity contribution in [3.63, 3.8) is 0 Å². The quantitative estimate of drug-likeness (QED) is 0.447. The fraction of sp³-hybridized carbons (Fsp3) is 0.387. The summed E-state index contributed by atoms with van der Waals surface area (Å²) in [5.74, 6) is 1.30. The first-order valence-corrected chi connectivity index (χ1v) is 13.6. The van der Waals surface area contributed by atoms with E-state index in [9.17, 15) is 9.59 Å². The first-order valence-electron chi connectivity index (χ1n) is 13.6. The van der Waals surface area contributed by atoms with Crippen LogP contribution in [0.15, 0.2) is 77.1 Å². The predicted molar refractivity (Wildman–Crippen MR) is 152 cm³/mol. The minimum Gasteiger partial charge on any atom is -0.491 e. The van der Waals surface area contributed by atoms with Gasteiger partial charge in [-0.1, -0.05) is 48.6 Å². The van der Waals surface area contributed by atoms with E-state index in [4.69, 9.17) is 9.72 Å². The van der Waals surface area contributed by atoms with Crippen LogP contribution >= 0.6 is 0 Å². The summed E-state index contributed by atoms with van der Waals surface area (Å²) in [6, 6.07) is 15.6. The molecule has 3 aromatic rings. The van der Waals surface area contributed by atoms with Crippen molar-refractivity contribution in [1.82, 2.24) is 15.3 Å². The Morgan fingerprint density at radius 2 is 1.92 bits per heavy atom. The molecule has 2 aliphatic rings. The number of hydrogen-bond acceptors (Lipinski definition) is 5. The highest BCUT2D eigenvalue weighted by Gasteiger charge is 2.41. The van der Waals surface area contributed by atoms with Crippen LogP contribution in [0.4, 0.5) is 5.95 Å². The summed E-state index contributed by atoms with van der Waals surface area (Å²) in [5.41, 5.74) is 2.25. The highest BCUT2D eigenvalue weighted by atomic mass is 16.5. The maximum Gasteiger partial charge on any atom is 0.260 e. The van der Waals surface area contributed by atoms with Crippen LogP contribution in [0.1, 0.15) is 45.1 Å². The Hall–Kier alpha value is -3.87. The second-order valence-electron chi connectivity index (χ2n) is 10.6. The third kappa shape index (κ3) is 5.82. The van der Waals surface area contributed by atoms with E-state index in [0.717, 1.165) is 24.0 Å². The molecule has 1 aromatic heterocycles. The Balaban J connectivity index is 1.34. The van der Waals surface area contributed by atoms with E-state index >= 15 is 0 Å². The smallest absolute Gasteiger partial charge is 0.260 e. The number of anilines is 1. The van der Waals surface area contributed by atoms with Gasteiger partial charge in [-0.25, -0.2) is 4.98 Å². The van der Waals surface area contributed by atoms with Gasteiger partial charge in [0.15, 0.2) is 0 Å². The number of amides is 1. The molecule has 2 aromatic carbocycles. The predicted octanol–water partition coefficient (Wildman–Crippen LogP) is 4.93. The Morgan fingerprint density at radius 1 is 1.13 bits per heavy atom. The molecule has 1 aliphatic heterocycles. The van der Waals surface area contributed by atoms with E-state index in [2.05, 4.69) is 45.6 Å². The van der Waals surface area contributed by atoms with Gasteiger partial charge in [0, 0.05) is 19.6 Å². The first-order chi connectivity index (χ1) is 18.4. The average molecular weight is 513 g/mol. The van der Waals surface area contributed by atoms with Gasteiger partial charge in [0.1, 0.15) is 5.75 Å². The van der Waals surface area contributed by atoms with Crippen molar-refractivity contribution in [3.8, 4) is 5.75 Å². The minimum atomic E-state index is -0.517. The van der Waals surface area contributed by atoms with Crippen LogP contribution in [0.2, 0.25) is 0 Å². The molecule has 0 saturated carbocycles. The molecule has 7 nitrogen and oxygen atoms in total. The average Bonchev–Trinajstić information content (AvgIpc) is 2.93. The van der Waals surface area contributed by atoms with E-state index < -0.39 is 5.41 Å². The molecule has 198 valence electrons. The molecule has 38 heavy (non-hydrogen) atoms. The second-order valence-corrected chi connectivity index (χ2v) is 10.6. The Kier molecular flexibility index (Phi) is 7.63. The molecule has 0 bridgehead atoms. The topological polar surface area (TPSA) is 87.3 Å². The maximum absolute atomic E-state index is 13.7. The van der Waals surface area contributed by atoms with Crippen LogP contribution in [0.3, 0.4) is 0 Å². The van der Waals surface area contributed by atoms with E-state index in [1.807, 2.05) is 44.2 Å². The van der Waals surface area contributed by atoms with Crippen LogP contribution in [-0.4, -0.2) is 41.6 Å². The summed E-state index contributed by atoms with van der Waals surface area (Å²) >= 11 is 0. The summed E-state index contributed by atoms with van der Waals surface area (Å²) in [4.78, 5) is 36.4. The number of fused-ring (bicyclic) bond motifs is 1. The fourth-order valence-electron chi connectivity index (χ4n) is 5.39. The molecule has 7 heteroatoms. The van der Waals surface area contributed by atoms with Crippen molar-refractivity contribution in [2.24, 2.45) is 5.41 Å². The van der Waals surface area contributed by atoms with Crippen molar-refractivity contribution in [2.45, 2.75) is 52.1 Å². The molecule has 0 spiro atoms. The summed E-state index contributed by atoms with van der Waals surface area (Å²) in [6.07, 6.45) is 10.6. The molecule has 2 heterocycles. The van der Waals surface area contributed by atoms with Gasteiger partial charge in [-0.15, -0.1) is 0 Å². The summed E-state index contributed by atoms with van der Waals surface area (Å²) < 4.78 is 5.74. The lowest BCUT2D eigenvalue weighted by Gasteiger charge is -2.41. The number of piperidine rings is 1. The molecular weight excluding hydrogens is 476 g/mol. The van der Waals surface area contributed by atoms with Crippen molar-refractivity contribution < 1.29 is 9.53 Å². The van der Waals surface area contributed by atoms with Crippen molar-refractivity contribution in [2.75, 3.05) is 24.5 Å². The zero-order valence-corrected chi connectivity index (χ0v) is 22.2. The standard InChI is InChI=1S/C31H36N4O3/c1-22(2)38-25-13-14-27-26(19-25)28(36)34-30(33-27)35-17-15-31(16-18-35,20-23-9-5-3-6-10-23)29(37)32-21-24-11-7-4-8-12-24/h3,5-7,9-14,19,22H,4,8,15-18,20-21H2,1-2H3,(H,32,37)(H,33,34,36). The molecule has 1 amide bonds. The summed E-state index contributed by atoms with van der Waals surface area (Å²) in [6.45, 7) is 5.72. The number of carbonyl (C=O) groups is 1. The number of aromatic amines is 1. The van der Waals surface area contributed by atoms with Crippen LogP contribution in [0.25, 0.3) is 10.9 Å². The molecule has 2 N–H and O–H groups in total. The molecule has 0 atom stereocenters. The zero-order chi connectivity index (χ0) is 26.5. The van der Waals surface area contributed by atoms with E-state index in [1.54, 1.807) is 6.07 Å². The summed E-state index contributed by atoms with van der Waals surface area (Å²) in [5, 5.41) is 3.73. The maximum atomic E-state index is 13.7. The molecule has 0 unspecified atom stereocenters. The molecular formula is C31H36N4O3. The van der Waals surface area contributed by atoms with Gasteiger partial charge in [0.25, 0.3) is 5.56 Å². The Labute approximate surface area is 223 Å². The molecule has 0 radical (unpaired) electrons. The lowest BCUT2D eigenvalue weighted by atomic mass is 9.73. The number of ether oxygens (including phenoxy) is 1. The van der Waals surface area contributed by atoms with Crippen LogP contribution in [0.5, 0.6) is 5.75 Å². The monoisotopic (exact) mass is 512 g/mol. The number of rotatable bonds is 8. The van der Waals surface area contributed by atoms with Crippen LogP contribution in [-0.2, 0) is 11.2 Å². The van der Waals surface area contributed by atoms with Gasteiger partial charge in [0.2, 0.25) is 11.9 Å². The lowest BCUT2D eigenvalue weighted by molar-refractivity contribution is -0.132. The van der Waals surface area contributed by atoms with Crippen molar-refractivity contribution in [3.05, 3.63) is 88.2 Å². The largest absolute Gasteiger partial charge is 0.491 e. The van der Waals surface area contributed by atoms with Gasteiger partial charge in [-0.05, 0) is 75.3 Å². The van der Waals surface area contributed by atoms with Gasteiger partial charge in [-0.3, -0.25) is 14.6 Å². The number of H-pyrrole nitrogens is 1. The van der Waals surface area contributed by atoms with Gasteiger partial charge in [-0.2, -0.15) is 0 Å². The highest BCUT2D eigenvalue weighted by molar-refractivity contribution is 5.84. The van der Waals surface area contributed by atoms with E-state index in [1.165, 1.54) is 0 Å². The minimum absolute atomic E-state index is 0.0244. The SMILES string of the molecule is CC(C)Oc1ccc2nc(N3CCC(Cc4ccccc4)(C(=O)NCC4=CCCC=C4)CC3)[nH]c(=O)c2c1. The second kappa shape index (κ2) is 11.3. The number of hydrogen-bond donors (Lipinski definition) is 2. The Morgan fingerprint density at radius 3 is 2.63 bits per heavy atom. The number of allylic oxidation sites excluding steroid dienone is 2. The Bertz CT molecular complexity index is 1400. The number of aromatic nitrogens is 2. The highest BCUT2D eigenvalue weighted by Crippen LogP contribution is 2.37. The van der Waals surface area contributed by atoms with E-state index in [-0.39, 0.29) is 17.6 Å². The molecule has 1 aliphatic carbocycles. The molecule has 1 fully saturated rings. The number of nitrogens with zero attached hydrogens (tertiary/aromatic N) is 2. The van der Waals surface area contributed by atoms with Gasteiger partial charge in [0.05, 0.1) is 22.4 Å². The number of carbonyl (C=O) groups excluding carboxylic acids is 1. The zero-order valence-electron chi connectivity index (χ0n) is 22.2. The van der Waals surface area contributed by atoms with Gasteiger partial charge < -0.3 is 15.0 Å². The van der Waals surface area contributed by atoms with E-state index in [0.29, 0.717) is 61.5 Å². The molecule has 1 saturated heterocycles. The normalized spacial score (nSPS) is 16.9. The number of benzene rings is 2. The first kappa shape index (κ1) is 25.8. The fourth-order valence-corrected chi connectivity index (χ4v) is 5.39. The number of nitrogens with one attached hydrogen (secondary N) is 2. The van der Waals surface area contributed by atoms with Crippen LogP contribution in [0, 0.1) is 5.41 Å². The van der Waals surface area contributed by atoms with Crippen molar-refractivity contribution >= 4 is 22.8 Å². The molecule has 5 rings (SSSR count).